The summed E-state index contributed by atoms with van der Waals surface area (Å²) in [5.74, 6) is 3.45. The van der Waals surface area contributed by atoms with Crippen LogP contribution in [-0.2, 0) is 27.1 Å². The van der Waals surface area contributed by atoms with Crippen LogP contribution < -0.4 is 10.6 Å². The van der Waals surface area contributed by atoms with E-state index in [1.165, 1.54) is 12.0 Å². The summed E-state index contributed by atoms with van der Waals surface area (Å²) in [6.45, 7) is 11.5. The fourth-order valence-corrected chi connectivity index (χ4v) is 4.69. The fraction of sp³-hybridized carbons (Fsp3) is 0.581. The van der Waals surface area contributed by atoms with Gasteiger partial charge in [0.25, 0.3) is 0 Å². The number of anilines is 2. The SMILES string of the molecule is CO[C@H](C)CN(CCCCc1ccc2c(n1)NCCC2)CCC(Nc1ccccc1)C(=C=O)OC(C)(C)C. The first-order valence-electron chi connectivity index (χ1n) is 14.0. The van der Waals surface area contributed by atoms with E-state index in [4.69, 9.17) is 14.5 Å². The minimum atomic E-state index is -0.478. The minimum absolute atomic E-state index is 0.121. The molecular weight excluding hydrogens is 476 g/mol. The Morgan fingerprint density at radius 1 is 1.16 bits per heavy atom. The van der Waals surface area contributed by atoms with Crippen molar-refractivity contribution in [2.75, 3.05) is 43.9 Å². The van der Waals surface area contributed by atoms with Gasteiger partial charge in [-0.1, -0.05) is 24.3 Å². The number of para-hydroxylation sites is 1. The first-order chi connectivity index (χ1) is 18.3. The van der Waals surface area contributed by atoms with E-state index in [0.29, 0.717) is 12.2 Å². The van der Waals surface area contributed by atoms with Gasteiger partial charge in [0.1, 0.15) is 11.4 Å². The second-order valence-electron chi connectivity index (χ2n) is 11.2. The molecule has 7 heteroatoms. The molecule has 1 aromatic carbocycles. The third-order valence-corrected chi connectivity index (χ3v) is 6.71. The van der Waals surface area contributed by atoms with Crippen molar-refractivity contribution in [3.05, 3.63) is 59.5 Å². The molecule has 0 amide bonds. The highest BCUT2D eigenvalue weighted by molar-refractivity contribution is 5.55. The molecule has 7 nitrogen and oxygen atoms in total. The number of pyridine rings is 1. The number of carbonyl (C=O) groups excluding carboxylic acids is 1. The summed E-state index contributed by atoms with van der Waals surface area (Å²) >= 11 is 0. The van der Waals surface area contributed by atoms with Gasteiger partial charge in [0, 0.05) is 38.1 Å². The van der Waals surface area contributed by atoms with Gasteiger partial charge in [-0.25, -0.2) is 9.78 Å². The Morgan fingerprint density at radius 2 is 1.95 bits per heavy atom. The van der Waals surface area contributed by atoms with Crippen LogP contribution in [-0.4, -0.2) is 66.9 Å². The molecule has 0 spiro atoms. The van der Waals surface area contributed by atoms with Crippen molar-refractivity contribution < 1.29 is 14.3 Å². The van der Waals surface area contributed by atoms with Gasteiger partial charge < -0.3 is 25.0 Å². The van der Waals surface area contributed by atoms with Crippen LogP contribution in [0.25, 0.3) is 0 Å². The van der Waals surface area contributed by atoms with Crippen LogP contribution >= 0.6 is 0 Å². The highest BCUT2D eigenvalue weighted by Gasteiger charge is 2.24. The van der Waals surface area contributed by atoms with Crippen molar-refractivity contribution in [3.8, 4) is 0 Å². The van der Waals surface area contributed by atoms with Crippen LogP contribution in [0.3, 0.4) is 0 Å². The van der Waals surface area contributed by atoms with Gasteiger partial charge in [-0.2, -0.15) is 0 Å². The van der Waals surface area contributed by atoms with E-state index >= 15 is 0 Å². The van der Waals surface area contributed by atoms with Crippen LogP contribution in [0.15, 0.2) is 48.2 Å². The van der Waals surface area contributed by atoms with E-state index in [0.717, 1.165) is 69.1 Å². The number of unbranched alkanes of at least 4 members (excludes halogenated alkanes) is 1. The summed E-state index contributed by atoms with van der Waals surface area (Å²) in [6, 6.07) is 14.1. The molecule has 1 aromatic heterocycles. The Hall–Kier alpha value is -2.86. The number of hydrogen-bond donors (Lipinski definition) is 2. The number of hydrogen-bond acceptors (Lipinski definition) is 7. The number of rotatable bonds is 15. The average Bonchev–Trinajstić information content (AvgIpc) is 2.91. The topological polar surface area (TPSA) is 75.7 Å². The van der Waals surface area contributed by atoms with E-state index in [1.54, 1.807) is 7.11 Å². The van der Waals surface area contributed by atoms with Crippen molar-refractivity contribution in [3.63, 3.8) is 0 Å². The van der Waals surface area contributed by atoms with E-state index in [2.05, 4.69) is 40.5 Å². The van der Waals surface area contributed by atoms with Crippen LogP contribution in [0.1, 0.15) is 64.6 Å². The lowest BCUT2D eigenvalue weighted by atomic mass is 10.1. The van der Waals surface area contributed by atoms with Gasteiger partial charge in [-0.3, -0.25) is 0 Å². The van der Waals surface area contributed by atoms with Crippen LogP contribution in [0.4, 0.5) is 11.5 Å². The number of nitrogens with one attached hydrogen (secondary N) is 2. The molecule has 0 aliphatic carbocycles. The molecule has 38 heavy (non-hydrogen) atoms. The zero-order chi connectivity index (χ0) is 27.4. The third kappa shape index (κ3) is 10.1. The Bertz CT molecular complexity index is 1030. The Labute approximate surface area is 229 Å². The number of nitrogens with zero attached hydrogens (tertiary/aromatic N) is 2. The van der Waals surface area contributed by atoms with Gasteiger partial charge in [-0.05, 0) is 96.5 Å². The van der Waals surface area contributed by atoms with E-state index in [-0.39, 0.29) is 12.1 Å². The first kappa shape index (κ1) is 29.7. The van der Waals surface area contributed by atoms with Crippen LogP contribution in [0.2, 0.25) is 0 Å². The van der Waals surface area contributed by atoms with Gasteiger partial charge in [0.15, 0.2) is 5.94 Å². The van der Waals surface area contributed by atoms with Crippen LogP contribution in [0, 0.1) is 0 Å². The predicted octanol–water partition coefficient (Wildman–Crippen LogP) is 5.50. The Balaban J connectivity index is 1.60. The van der Waals surface area contributed by atoms with Crippen LogP contribution in [0.5, 0.6) is 0 Å². The number of aromatic nitrogens is 1. The van der Waals surface area contributed by atoms with Gasteiger partial charge in [0.2, 0.25) is 5.76 Å². The summed E-state index contributed by atoms with van der Waals surface area (Å²) in [7, 11) is 1.75. The molecule has 2 heterocycles. The average molecular weight is 523 g/mol. The molecule has 1 unspecified atom stereocenters. The van der Waals surface area contributed by atoms with Gasteiger partial charge >= 0.3 is 0 Å². The zero-order valence-corrected chi connectivity index (χ0v) is 23.9. The molecule has 1 aliphatic heterocycles. The maximum atomic E-state index is 11.9. The smallest absolute Gasteiger partial charge is 0.202 e. The monoisotopic (exact) mass is 522 g/mol. The maximum Gasteiger partial charge on any atom is 0.202 e. The fourth-order valence-electron chi connectivity index (χ4n) is 4.69. The maximum absolute atomic E-state index is 11.9. The Morgan fingerprint density at radius 3 is 2.66 bits per heavy atom. The lowest BCUT2D eigenvalue weighted by Crippen LogP contribution is -2.38. The summed E-state index contributed by atoms with van der Waals surface area (Å²) in [5, 5.41) is 6.93. The van der Waals surface area contributed by atoms with Crippen molar-refractivity contribution in [1.82, 2.24) is 9.88 Å². The quantitative estimate of drug-likeness (QED) is 0.182. The van der Waals surface area contributed by atoms with Crippen molar-refractivity contribution in [1.29, 1.82) is 0 Å². The van der Waals surface area contributed by atoms with Crippen molar-refractivity contribution >= 4 is 17.4 Å². The Kier molecular flexibility index (Phi) is 11.7. The number of fused-ring (bicyclic) bond motifs is 1. The molecule has 0 saturated carbocycles. The second-order valence-corrected chi connectivity index (χ2v) is 11.2. The molecule has 3 rings (SSSR count). The number of benzene rings is 1. The van der Waals surface area contributed by atoms with E-state index < -0.39 is 5.60 Å². The van der Waals surface area contributed by atoms with E-state index in [1.807, 2.05) is 51.1 Å². The molecule has 2 N–H and O–H groups in total. The summed E-state index contributed by atoms with van der Waals surface area (Å²) < 4.78 is 11.6. The standard InChI is InChI=1S/C31H46N4O3/c1-24(37-5)22-35(20-10-9-15-27-17-16-25-12-11-19-32-30(25)34-27)21-18-28(29(23-36)38-31(2,3)4)33-26-13-7-6-8-14-26/h6-8,13-14,16-17,24,28,33H,9-12,15,18-22H2,1-5H3,(H,32,34)/t24-,28?/m1/s1. The minimum Gasteiger partial charge on any atom is -0.479 e. The van der Waals surface area contributed by atoms with Gasteiger partial charge in [-0.15, -0.1) is 0 Å². The predicted molar refractivity (Wildman–Crippen MR) is 155 cm³/mol. The summed E-state index contributed by atoms with van der Waals surface area (Å²) in [5.41, 5.74) is 2.96. The van der Waals surface area contributed by atoms with Crippen molar-refractivity contribution in [2.24, 2.45) is 0 Å². The highest BCUT2D eigenvalue weighted by Crippen LogP contribution is 2.22. The lowest BCUT2D eigenvalue weighted by molar-refractivity contribution is 0.0437. The molecule has 0 fully saturated rings. The molecule has 1 aliphatic rings. The van der Waals surface area contributed by atoms with Crippen molar-refractivity contribution in [2.45, 2.75) is 84.0 Å². The number of methoxy groups -OCH3 is 1. The number of ether oxygens (including phenoxy) is 2. The molecule has 0 radical (unpaired) electrons. The lowest BCUT2D eigenvalue weighted by Gasteiger charge is -2.30. The summed E-state index contributed by atoms with van der Waals surface area (Å²) in [6.07, 6.45) is 6.23. The molecule has 2 atom stereocenters. The highest BCUT2D eigenvalue weighted by atomic mass is 16.5. The number of aryl methyl sites for hydroxylation is 2. The van der Waals surface area contributed by atoms with E-state index in [9.17, 15) is 4.79 Å². The van der Waals surface area contributed by atoms with Gasteiger partial charge in [0.05, 0.1) is 12.1 Å². The molecular formula is C31H46N4O3. The molecule has 0 bridgehead atoms. The largest absolute Gasteiger partial charge is 0.479 e. The molecule has 0 saturated heterocycles. The third-order valence-electron chi connectivity index (χ3n) is 6.71. The molecule has 2 aromatic rings. The second kappa shape index (κ2) is 14.9. The summed E-state index contributed by atoms with van der Waals surface area (Å²) in [4.78, 5) is 19.2. The zero-order valence-electron chi connectivity index (χ0n) is 23.9. The molecule has 208 valence electrons. The normalized spacial score (nSPS) is 14.7. The first-order valence-corrected chi connectivity index (χ1v) is 14.0.